The van der Waals surface area contributed by atoms with Gasteiger partial charge in [0.25, 0.3) is 0 Å². The number of carbonyl (C=O) groups excluding carboxylic acids is 2. The first-order chi connectivity index (χ1) is 20.1. The number of carbonyl (C=O) groups is 2. The standard InChI is InChI=1S/C24H27N7O4/c1-28-15-17(13-21(28)32)35-24(33)30-11-9-29(10-12-30)20-6-8-31-22(27-20)19(14-26-31)18-3-2-7-25-23(18)34-16-4-5-16/h2-3,6-8,14,16-17H,4-5,9-13,15H2,1H3/t17-/m0/s1/i9D2,10D2,11D2,12D2. The maximum atomic E-state index is 13.2. The van der Waals surface area contributed by atoms with Crippen molar-refractivity contribution in [2.75, 3.05) is 44.5 Å². The van der Waals surface area contributed by atoms with E-state index in [4.69, 9.17) is 20.4 Å². The van der Waals surface area contributed by atoms with E-state index in [1.165, 1.54) is 34.9 Å². The van der Waals surface area contributed by atoms with Crippen LogP contribution in [0.3, 0.4) is 0 Å². The number of ether oxygens (including phenoxy) is 2. The van der Waals surface area contributed by atoms with Crippen LogP contribution in [0, 0.1) is 0 Å². The van der Waals surface area contributed by atoms with Gasteiger partial charge >= 0.3 is 6.09 Å². The lowest BCUT2D eigenvalue weighted by atomic mass is 10.1. The molecule has 0 aromatic carbocycles. The van der Waals surface area contributed by atoms with Crippen LogP contribution in [0.2, 0.25) is 0 Å². The maximum Gasteiger partial charge on any atom is 0.410 e. The van der Waals surface area contributed by atoms with E-state index in [-0.39, 0.29) is 40.4 Å². The van der Waals surface area contributed by atoms with Crippen LogP contribution in [0.5, 0.6) is 5.88 Å². The second kappa shape index (κ2) is 8.71. The van der Waals surface area contributed by atoms with Crippen LogP contribution < -0.4 is 9.64 Å². The third kappa shape index (κ3) is 4.33. The van der Waals surface area contributed by atoms with Crippen molar-refractivity contribution in [3.63, 3.8) is 0 Å². The molecule has 1 aliphatic carbocycles. The monoisotopic (exact) mass is 485 g/mol. The fraction of sp³-hybridized carbons (Fsp3) is 0.458. The quantitative estimate of drug-likeness (QED) is 0.539. The van der Waals surface area contributed by atoms with Gasteiger partial charge in [0.1, 0.15) is 18.0 Å². The van der Waals surface area contributed by atoms with E-state index < -0.39 is 44.0 Å². The fourth-order valence-electron chi connectivity index (χ4n) is 3.77. The molecule has 0 N–H and O–H groups in total. The Morgan fingerprint density at radius 1 is 1.14 bits per heavy atom. The Labute approximate surface area is 213 Å². The number of rotatable bonds is 5. The summed E-state index contributed by atoms with van der Waals surface area (Å²) in [6, 6.07) is 4.58. The number of hydrogen-bond donors (Lipinski definition) is 0. The van der Waals surface area contributed by atoms with Crippen molar-refractivity contribution < 1.29 is 30.0 Å². The highest BCUT2D eigenvalue weighted by Gasteiger charge is 2.32. The number of nitrogens with zero attached hydrogens (tertiary/aromatic N) is 7. The number of likely N-dealkylation sites (tertiary alicyclic amines) is 1. The summed E-state index contributed by atoms with van der Waals surface area (Å²) in [4.78, 5) is 35.1. The molecular formula is C24H27N7O4. The van der Waals surface area contributed by atoms with E-state index in [2.05, 4.69) is 15.1 Å². The highest BCUT2D eigenvalue weighted by Crippen LogP contribution is 2.35. The summed E-state index contributed by atoms with van der Waals surface area (Å²) in [5.74, 6) is -0.480. The van der Waals surface area contributed by atoms with E-state index in [9.17, 15) is 9.59 Å². The maximum absolute atomic E-state index is 13.2. The number of hydrogen-bond acceptors (Lipinski definition) is 8. The first-order valence-electron chi connectivity index (χ1n) is 15.1. The average molecular weight is 486 g/mol. The van der Waals surface area contributed by atoms with E-state index in [0.29, 0.717) is 17.0 Å². The average Bonchev–Trinajstić information content (AvgIpc) is 3.54. The lowest BCUT2D eigenvalue weighted by Crippen LogP contribution is -2.49. The summed E-state index contributed by atoms with van der Waals surface area (Å²) in [6.45, 7) is -13.8. The summed E-state index contributed by atoms with van der Waals surface area (Å²) >= 11 is 0. The Kier molecular flexibility index (Phi) is 3.61. The van der Waals surface area contributed by atoms with Crippen molar-refractivity contribution in [2.45, 2.75) is 31.5 Å². The van der Waals surface area contributed by atoms with E-state index in [1.807, 2.05) is 0 Å². The topological polar surface area (TPSA) is 105 Å². The number of likely N-dealkylation sites (N-methyl/N-ethyl adjacent to an activating group) is 1. The molecule has 0 spiro atoms. The van der Waals surface area contributed by atoms with Gasteiger partial charge in [-0.15, -0.1) is 0 Å². The number of pyridine rings is 1. The molecule has 6 rings (SSSR count). The zero-order valence-electron chi connectivity index (χ0n) is 26.7. The molecule has 3 aliphatic rings. The Bertz CT molecular complexity index is 1590. The van der Waals surface area contributed by atoms with Crippen molar-refractivity contribution in [1.82, 2.24) is 29.4 Å². The van der Waals surface area contributed by atoms with Crippen LogP contribution in [0.1, 0.15) is 30.2 Å². The molecular weight excluding hydrogens is 450 g/mol. The smallest absolute Gasteiger partial charge is 0.410 e. The van der Waals surface area contributed by atoms with E-state index >= 15 is 0 Å². The van der Waals surface area contributed by atoms with Gasteiger partial charge in [0.15, 0.2) is 5.65 Å². The second-order valence-corrected chi connectivity index (χ2v) is 8.39. The van der Waals surface area contributed by atoms with Crippen LogP contribution >= 0.6 is 0 Å². The molecule has 11 nitrogen and oxygen atoms in total. The van der Waals surface area contributed by atoms with E-state index in [1.54, 1.807) is 18.3 Å². The van der Waals surface area contributed by atoms with Crippen LogP contribution in [0.4, 0.5) is 10.6 Å². The van der Waals surface area contributed by atoms with Crippen LogP contribution in [-0.2, 0) is 9.53 Å². The molecule has 3 aromatic rings. The number of fused-ring (bicyclic) bond motifs is 1. The molecule has 3 fully saturated rings. The minimum Gasteiger partial charge on any atom is -0.474 e. The predicted molar refractivity (Wildman–Crippen MR) is 126 cm³/mol. The van der Waals surface area contributed by atoms with Crippen molar-refractivity contribution in [1.29, 1.82) is 0 Å². The third-order valence-electron chi connectivity index (χ3n) is 5.75. The van der Waals surface area contributed by atoms with E-state index in [0.717, 1.165) is 12.8 Å². The molecule has 2 saturated heterocycles. The van der Waals surface area contributed by atoms with Crippen LogP contribution in [-0.4, -0.2) is 93.2 Å². The normalized spacial score (nSPS) is 29.7. The first-order valence-corrected chi connectivity index (χ1v) is 11.1. The summed E-state index contributed by atoms with van der Waals surface area (Å²) in [6.07, 6.45) is 3.28. The zero-order valence-corrected chi connectivity index (χ0v) is 18.7. The molecule has 5 heterocycles. The molecule has 1 atom stereocenters. The number of anilines is 1. The Balaban J connectivity index is 1.40. The lowest BCUT2D eigenvalue weighted by Gasteiger charge is -2.35. The van der Waals surface area contributed by atoms with Gasteiger partial charge in [0.2, 0.25) is 11.8 Å². The summed E-state index contributed by atoms with van der Waals surface area (Å²) in [7, 11) is 1.47. The Morgan fingerprint density at radius 2 is 1.97 bits per heavy atom. The predicted octanol–water partition coefficient (Wildman–Crippen LogP) is 1.82. The SMILES string of the molecule is [2H]C1([2H])N(C(=O)O[C@H]2CC(=O)N(C)C2)C([2H])([2H])C([2H])([2H])N(c2ccn3ncc(-c4cccnc4OC4CC4)c3n2)C1([2H])[2H]. The lowest BCUT2D eigenvalue weighted by molar-refractivity contribution is -0.126. The van der Waals surface area contributed by atoms with Crippen molar-refractivity contribution in [3.8, 4) is 17.0 Å². The molecule has 182 valence electrons. The molecule has 0 unspecified atom stereocenters. The Hall–Kier alpha value is -3.89. The highest BCUT2D eigenvalue weighted by atomic mass is 16.6. The van der Waals surface area contributed by atoms with Gasteiger partial charge in [-0.25, -0.2) is 19.3 Å². The van der Waals surface area contributed by atoms with Gasteiger partial charge in [0, 0.05) is 51.0 Å². The number of amides is 2. The fourth-order valence-corrected chi connectivity index (χ4v) is 3.77. The third-order valence-corrected chi connectivity index (χ3v) is 5.75. The van der Waals surface area contributed by atoms with Gasteiger partial charge < -0.3 is 24.2 Å². The van der Waals surface area contributed by atoms with Crippen molar-refractivity contribution >= 4 is 23.5 Å². The van der Waals surface area contributed by atoms with Crippen molar-refractivity contribution in [2.24, 2.45) is 0 Å². The molecule has 11 heteroatoms. The van der Waals surface area contributed by atoms with Gasteiger partial charge in [-0.3, -0.25) is 4.79 Å². The largest absolute Gasteiger partial charge is 0.474 e. The second-order valence-electron chi connectivity index (χ2n) is 8.39. The van der Waals surface area contributed by atoms with Gasteiger partial charge in [0.05, 0.1) is 35.7 Å². The molecule has 35 heavy (non-hydrogen) atoms. The van der Waals surface area contributed by atoms with Crippen LogP contribution in [0.15, 0.2) is 36.8 Å². The van der Waals surface area contributed by atoms with Gasteiger partial charge in [-0.1, -0.05) is 0 Å². The molecule has 3 aromatic heterocycles. The zero-order chi connectivity index (χ0) is 31.1. The highest BCUT2D eigenvalue weighted by molar-refractivity contribution is 5.81. The molecule has 1 saturated carbocycles. The summed E-state index contributed by atoms with van der Waals surface area (Å²) in [5, 5.41) is 4.26. The molecule has 0 radical (unpaired) electrons. The number of aromatic nitrogens is 4. The Morgan fingerprint density at radius 3 is 2.71 bits per heavy atom. The molecule has 0 bridgehead atoms. The molecule has 2 aliphatic heterocycles. The van der Waals surface area contributed by atoms with Crippen molar-refractivity contribution in [3.05, 3.63) is 36.8 Å². The first kappa shape index (κ1) is 14.5. The minimum atomic E-state index is -3.49. The van der Waals surface area contributed by atoms with Gasteiger partial charge in [-0.2, -0.15) is 5.10 Å². The van der Waals surface area contributed by atoms with Crippen LogP contribution in [0.25, 0.3) is 16.8 Å². The minimum absolute atomic E-state index is 0.0287. The number of piperazine rings is 1. The summed E-state index contributed by atoms with van der Waals surface area (Å²) < 4.78 is 81.9. The van der Waals surface area contributed by atoms with Gasteiger partial charge in [-0.05, 0) is 31.0 Å². The summed E-state index contributed by atoms with van der Waals surface area (Å²) in [5.41, 5.74) is 1.06. The molecule has 2 amide bonds.